The second-order valence-corrected chi connectivity index (χ2v) is 8.48. The lowest BCUT2D eigenvalue weighted by molar-refractivity contribution is 0.102. The first kappa shape index (κ1) is 23.3. The lowest BCUT2D eigenvalue weighted by Crippen LogP contribution is -2.13. The molecule has 5 aromatic rings. The zero-order valence-corrected chi connectivity index (χ0v) is 20.4. The predicted octanol–water partition coefficient (Wildman–Crippen LogP) is 5.94. The fraction of sp³-hybridized carbons (Fsp3) is 0.115. The number of nitrogens with zero attached hydrogens (tertiary/aromatic N) is 5. The van der Waals surface area contributed by atoms with Crippen molar-refractivity contribution in [3.8, 4) is 28.7 Å². The molecule has 3 aromatic heterocycles. The van der Waals surface area contributed by atoms with Crippen molar-refractivity contribution in [3.05, 3.63) is 94.7 Å². The minimum absolute atomic E-state index is 0.320. The first-order chi connectivity index (χ1) is 17.4. The molecular weight excluding hydrogens is 480 g/mol. The van der Waals surface area contributed by atoms with Gasteiger partial charge in [0.15, 0.2) is 5.82 Å². The van der Waals surface area contributed by atoms with Crippen molar-refractivity contribution >= 4 is 23.2 Å². The van der Waals surface area contributed by atoms with Crippen LogP contribution in [0.4, 0.5) is 5.69 Å². The maximum absolute atomic E-state index is 13.1. The van der Waals surface area contributed by atoms with Crippen molar-refractivity contribution in [1.29, 1.82) is 0 Å². The summed E-state index contributed by atoms with van der Waals surface area (Å²) in [5.41, 5.74) is 3.75. The van der Waals surface area contributed by atoms with Crippen molar-refractivity contribution in [2.24, 2.45) is 0 Å². The molecule has 0 atom stereocenters. The summed E-state index contributed by atoms with van der Waals surface area (Å²) in [6.45, 7) is 5.56. The third-order valence-corrected chi connectivity index (χ3v) is 5.74. The van der Waals surface area contributed by atoms with E-state index in [2.05, 4.69) is 25.5 Å². The van der Waals surface area contributed by atoms with Gasteiger partial charge in [-0.15, -0.1) is 0 Å². The summed E-state index contributed by atoms with van der Waals surface area (Å²) in [5, 5.41) is 11.8. The molecule has 0 aliphatic rings. The van der Waals surface area contributed by atoms with Gasteiger partial charge in [0.25, 0.3) is 5.91 Å². The number of ether oxygens (including phenoxy) is 1. The number of aryl methyl sites for hydroxylation is 3. The fourth-order valence-corrected chi connectivity index (χ4v) is 3.98. The Morgan fingerprint density at radius 2 is 1.81 bits per heavy atom. The minimum Gasteiger partial charge on any atom is -0.439 e. The van der Waals surface area contributed by atoms with Crippen molar-refractivity contribution in [1.82, 2.24) is 24.9 Å². The molecule has 0 radical (unpaired) electrons. The molecule has 0 fully saturated rings. The Labute approximate surface area is 211 Å². The highest BCUT2D eigenvalue weighted by Gasteiger charge is 2.23. The topological polar surface area (TPSA) is 108 Å². The van der Waals surface area contributed by atoms with Crippen LogP contribution in [0.25, 0.3) is 17.1 Å². The number of carbonyl (C=O) groups is 1. The van der Waals surface area contributed by atoms with E-state index in [1.807, 2.05) is 32.0 Å². The molecule has 0 aliphatic heterocycles. The highest BCUT2D eigenvalue weighted by molar-refractivity contribution is 6.33. The number of halogens is 1. The van der Waals surface area contributed by atoms with E-state index >= 15 is 0 Å². The fourth-order valence-electron chi connectivity index (χ4n) is 3.76. The van der Waals surface area contributed by atoms with E-state index in [0.29, 0.717) is 50.7 Å². The molecule has 5 rings (SSSR count). The van der Waals surface area contributed by atoms with Crippen molar-refractivity contribution in [3.63, 3.8) is 0 Å². The third kappa shape index (κ3) is 4.69. The maximum atomic E-state index is 13.1. The Bertz CT molecular complexity index is 1560. The first-order valence-corrected chi connectivity index (χ1v) is 11.4. The third-order valence-electron chi connectivity index (χ3n) is 5.41. The summed E-state index contributed by atoms with van der Waals surface area (Å²) in [6, 6.07) is 17.8. The normalized spacial score (nSPS) is 10.9. The molecule has 10 heteroatoms. The number of aromatic nitrogens is 5. The van der Waals surface area contributed by atoms with Gasteiger partial charge in [-0.2, -0.15) is 5.10 Å². The van der Waals surface area contributed by atoms with Gasteiger partial charge in [-0.1, -0.05) is 35.0 Å². The molecular formula is C26H21ClN6O3. The zero-order chi connectivity index (χ0) is 25.2. The van der Waals surface area contributed by atoms with Crippen LogP contribution < -0.4 is 10.1 Å². The van der Waals surface area contributed by atoms with Crippen LogP contribution in [0.1, 0.15) is 27.5 Å². The molecule has 1 N–H and O–H groups in total. The molecule has 3 heterocycles. The molecule has 1 amide bonds. The Kier molecular flexibility index (Phi) is 6.22. The van der Waals surface area contributed by atoms with E-state index in [-0.39, 0.29) is 5.91 Å². The number of benzene rings is 2. The van der Waals surface area contributed by atoms with Crippen molar-refractivity contribution in [2.45, 2.75) is 20.8 Å². The second-order valence-electron chi connectivity index (χ2n) is 8.08. The van der Waals surface area contributed by atoms with Gasteiger partial charge in [-0.3, -0.25) is 4.79 Å². The van der Waals surface area contributed by atoms with Gasteiger partial charge in [-0.25, -0.2) is 14.6 Å². The van der Waals surface area contributed by atoms with E-state index in [4.69, 9.17) is 20.9 Å². The summed E-state index contributed by atoms with van der Waals surface area (Å²) in [5.74, 6) is 1.55. The maximum Gasteiger partial charge on any atom is 0.261 e. The van der Waals surface area contributed by atoms with Crippen LogP contribution in [-0.4, -0.2) is 30.8 Å². The Morgan fingerprint density at radius 1 is 1.03 bits per heavy atom. The standard InChI is InChI=1S/C26H21ClN6O3/c1-15-12-16(2)33(31-15)22-13-23(29-14-28-22)35-19-10-8-18(9-11-19)30-26(34)24-17(3)36-32-25(24)20-6-4-5-7-21(20)27/h4-14H,1-3H3,(H,30,34). The monoisotopic (exact) mass is 500 g/mol. The van der Waals surface area contributed by atoms with E-state index in [1.165, 1.54) is 6.33 Å². The molecule has 0 unspecified atom stereocenters. The van der Waals surface area contributed by atoms with Gasteiger partial charge < -0.3 is 14.6 Å². The highest BCUT2D eigenvalue weighted by atomic mass is 35.5. The Hall–Kier alpha value is -4.50. The minimum atomic E-state index is -0.359. The average Bonchev–Trinajstić information content (AvgIpc) is 3.41. The van der Waals surface area contributed by atoms with E-state index < -0.39 is 0 Å². The number of carbonyl (C=O) groups excluding carboxylic acids is 1. The van der Waals surface area contributed by atoms with Crippen LogP contribution in [0.3, 0.4) is 0 Å². The Morgan fingerprint density at radius 3 is 2.53 bits per heavy atom. The van der Waals surface area contributed by atoms with Crippen molar-refractivity contribution < 1.29 is 14.1 Å². The number of nitrogens with one attached hydrogen (secondary N) is 1. The number of hydrogen-bond acceptors (Lipinski definition) is 7. The number of anilines is 1. The van der Waals surface area contributed by atoms with E-state index in [9.17, 15) is 4.79 Å². The molecule has 9 nitrogen and oxygen atoms in total. The van der Waals surface area contributed by atoms with Crippen LogP contribution in [0.2, 0.25) is 5.02 Å². The molecule has 36 heavy (non-hydrogen) atoms. The molecule has 0 aliphatic carbocycles. The second kappa shape index (κ2) is 9.63. The largest absolute Gasteiger partial charge is 0.439 e. The van der Waals surface area contributed by atoms with Gasteiger partial charge >= 0.3 is 0 Å². The molecule has 180 valence electrons. The molecule has 0 saturated heterocycles. The smallest absolute Gasteiger partial charge is 0.261 e. The average molecular weight is 501 g/mol. The van der Waals surface area contributed by atoms with Crippen LogP contribution >= 0.6 is 11.6 Å². The molecule has 0 spiro atoms. The highest BCUT2D eigenvalue weighted by Crippen LogP contribution is 2.31. The summed E-state index contributed by atoms with van der Waals surface area (Å²) in [7, 11) is 0. The van der Waals surface area contributed by atoms with Gasteiger partial charge in [-0.05, 0) is 57.2 Å². The number of hydrogen-bond donors (Lipinski definition) is 1. The molecule has 0 bridgehead atoms. The SMILES string of the molecule is Cc1cc(C)n(-c2cc(Oc3ccc(NC(=O)c4c(-c5ccccc5Cl)noc4C)cc3)ncn2)n1. The van der Waals surface area contributed by atoms with Gasteiger partial charge in [0.2, 0.25) is 5.88 Å². The van der Waals surface area contributed by atoms with E-state index in [1.54, 1.807) is 54.1 Å². The first-order valence-electron chi connectivity index (χ1n) is 11.0. The van der Waals surface area contributed by atoms with Crippen molar-refractivity contribution in [2.75, 3.05) is 5.32 Å². The molecule has 0 saturated carbocycles. The zero-order valence-electron chi connectivity index (χ0n) is 19.7. The van der Waals surface area contributed by atoms with Crippen LogP contribution in [-0.2, 0) is 0 Å². The van der Waals surface area contributed by atoms with Crippen LogP contribution in [0.5, 0.6) is 11.6 Å². The quantitative estimate of drug-likeness (QED) is 0.307. The summed E-state index contributed by atoms with van der Waals surface area (Å²) in [6.07, 6.45) is 1.42. The van der Waals surface area contributed by atoms with Crippen LogP contribution in [0, 0.1) is 20.8 Å². The number of amides is 1. The molecule has 2 aromatic carbocycles. The van der Waals surface area contributed by atoms with E-state index in [0.717, 1.165) is 11.4 Å². The number of rotatable bonds is 6. The van der Waals surface area contributed by atoms with Gasteiger partial charge in [0, 0.05) is 23.0 Å². The van der Waals surface area contributed by atoms with Gasteiger partial charge in [0.1, 0.15) is 29.1 Å². The Balaban J connectivity index is 1.31. The lowest BCUT2D eigenvalue weighted by atomic mass is 10.1. The predicted molar refractivity (Wildman–Crippen MR) is 135 cm³/mol. The summed E-state index contributed by atoms with van der Waals surface area (Å²) in [4.78, 5) is 21.5. The lowest BCUT2D eigenvalue weighted by Gasteiger charge is -2.09. The summed E-state index contributed by atoms with van der Waals surface area (Å²) >= 11 is 6.30. The summed E-state index contributed by atoms with van der Waals surface area (Å²) < 4.78 is 12.9. The van der Waals surface area contributed by atoms with Gasteiger partial charge in [0.05, 0.1) is 10.7 Å². The van der Waals surface area contributed by atoms with Crippen LogP contribution in [0.15, 0.2) is 71.5 Å².